The second kappa shape index (κ2) is 9.86. The summed E-state index contributed by atoms with van der Waals surface area (Å²) in [4.78, 5) is 28.3. The molecule has 28 heavy (non-hydrogen) atoms. The predicted octanol–water partition coefficient (Wildman–Crippen LogP) is -0.606. The summed E-state index contributed by atoms with van der Waals surface area (Å²) in [5, 5.41) is 2.61. The minimum absolute atomic E-state index is 0.107. The fraction of sp³-hybridized carbons (Fsp3) is 0.882. The first kappa shape index (κ1) is 22.9. The van der Waals surface area contributed by atoms with Crippen molar-refractivity contribution in [1.82, 2.24) is 23.7 Å². The average Bonchev–Trinajstić information content (AvgIpc) is 2.66. The van der Waals surface area contributed by atoms with E-state index in [0.717, 1.165) is 0 Å². The van der Waals surface area contributed by atoms with Gasteiger partial charge in [-0.05, 0) is 19.9 Å². The quantitative estimate of drug-likeness (QED) is 0.616. The van der Waals surface area contributed by atoms with Crippen LogP contribution in [0, 0.1) is 5.92 Å². The van der Waals surface area contributed by atoms with Crippen molar-refractivity contribution < 1.29 is 22.7 Å². The van der Waals surface area contributed by atoms with E-state index in [-0.39, 0.29) is 31.5 Å². The molecule has 1 unspecified atom stereocenters. The van der Waals surface area contributed by atoms with Crippen molar-refractivity contribution >= 4 is 22.2 Å². The lowest BCUT2D eigenvalue weighted by Gasteiger charge is -2.40. The number of alkyl carbamates (subject to hydrolysis) is 1. The van der Waals surface area contributed by atoms with Gasteiger partial charge in [0.2, 0.25) is 5.91 Å². The van der Waals surface area contributed by atoms with Gasteiger partial charge in [-0.15, -0.1) is 0 Å². The number of nitrogens with zero attached hydrogens (tertiary/aromatic N) is 4. The highest BCUT2D eigenvalue weighted by molar-refractivity contribution is 7.86. The Balaban J connectivity index is 1.94. The number of amides is 2. The van der Waals surface area contributed by atoms with E-state index < -0.39 is 22.3 Å². The molecule has 11 heteroatoms. The molecular weight excluding hydrogens is 386 g/mol. The van der Waals surface area contributed by atoms with Crippen LogP contribution in [0.25, 0.3) is 0 Å². The van der Waals surface area contributed by atoms with Gasteiger partial charge in [0.05, 0.1) is 6.61 Å². The predicted molar refractivity (Wildman–Crippen MR) is 105 cm³/mol. The maximum Gasteiger partial charge on any atom is 0.407 e. The van der Waals surface area contributed by atoms with E-state index in [2.05, 4.69) is 10.2 Å². The highest BCUT2D eigenvalue weighted by Crippen LogP contribution is 2.16. The van der Waals surface area contributed by atoms with Crippen molar-refractivity contribution in [2.24, 2.45) is 5.92 Å². The van der Waals surface area contributed by atoms with Gasteiger partial charge in [0, 0.05) is 52.4 Å². The third kappa shape index (κ3) is 5.56. The van der Waals surface area contributed by atoms with Crippen LogP contribution in [0.15, 0.2) is 0 Å². The zero-order valence-electron chi connectivity index (χ0n) is 17.3. The molecule has 162 valence electrons. The molecule has 0 radical (unpaired) electrons. The SMILES string of the molecule is CCOC(=O)NC(C(=O)N1CCN(S(=O)(=O)N2CCN(C)CC2)CC1)C(C)C. The number of rotatable bonds is 6. The first-order chi connectivity index (χ1) is 13.2. The summed E-state index contributed by atoms with van der Waals surface area (Å²) in [6.07, 6.45) is -0.620. The van der Waals surface area contributed by atoms with Gasteiger partial charge in [-0.3, -0.25) is 4.79 Å². The summed E-state index contributed by atoms with van der Waals surface area (Å²) < 4.78 is 33.5. The van der Waals surface area contributed by atoms with Crippen molar-refractivity contribution in [1.29, 1.82) is 0 Å². The normalized spacial score (nSPS) is 21.5. The van der Waals surface area contributed by atoms with Gasteiger partial charge in [-0.2, -0.15) is 17.0 Å². The number of carbonyl (C=O) groups is 2. The molecule has 0 aliphatic carbocycles. The molecule has 0 aromatic heterocycles. The van der Waals surface area contributed by atoms with Crippen LogP contribution in [-0.4, -0.2) is 111 Å². The molecule has 1 N–H and O–H groups in total. The largest absolute Gasteiger partial charge is 0.450 e. The smallest absolute Gasteiger partial charge is 0.407 e. The van der Waals surface area contributed by atoms with E-state index in [4.69, 9.17) is 4.74 Å². The molecule has 0 aromatic carbocycles. The number of hydrogen-bond acceptors (Lipinski definition) is 6. The van der Waals surface area contributed by atoms with Crippen LogP contribution >= 0.6 is 0 Å². The highest BCUT2D eigenvalue weighted by atomic mass is 32.2. The van der Waals surface area contributed by atoms with Crippen LogP contribution in [0.5, 0.6) is 0 Å². The van der Waals surface area contributed by atoms with Crippen LogP contribution < -0.4 is 5.32 Å². The van der Waals surface area contributed by atoms with Crippen LogP contribution in [0.4, 0.5) is 4.79 Å². The van der Waals surface area contributed by atoms with Crippen LogP contribution in [0.2, 0.25) is 0 Å². The van der Waals surface area contributed by atoms with Crippen molar-refractivity contribution in [3.05, 3.63) is 0 Å². The lowest BCUT2D eigenvalue weighted by atomic mass is 10.0. The third-order valence-corrected chi connectivity index (χ3v) is 7.18. The van der Waals surface area contributed by atoms with Gasteiger partial charge >= 0.3 is 6.09 Å². The van der Waals surface area contributed by atoms with Crippen LogP contribution in [0.3, 0.4) is 0 Å². The van der Waals surface area contributed by atoms with Crippen molar-refractivity contribution in [2.45, 2.75) is 26.8 Å². The number of ether oxygens (including phenoxy) is 1. The number of carbonyl (C=O) groups excluding carboxylic acids is 2. The molecule has 2 aliphatic heterocycles. The van der Waals surface area contributed by atoms with Gasteiger partial charge in [-0.25, -0.2) is 4.79 Å². The van der Waals surface area contributed by atoms with E-state index in [0.29, 0.717) is 39.3 Å². The summed E-state index contributed by atoms with van der Waals surface area (Å²) in [5.41, 5.74) is 0. The molecule has 2 fully saturated rings. The lowest BCUT2D eigenvalue weighted by molar-refractivity contribution is -0.135. The molecule has 2 heterocycles. The summed E-state index contributed by atoms with van der Waals surface area (Å²) in [6.45, 7) is 9.15. The van der Waals surface area contributed by atoms with E-state index in [1.165, 1.54) is 8.61 Å². The van der Waals surface area contributed by atoms with Crippen LogP contribution in [-0.2, 0) is 19.7 Å². The fourth-order valence-corrected chi connectivity index (χ4v) is 4.91. The van der Waals surface area contributed by atoms with Gasteiger partial charge in [0.1, 0.15) is 6.04 Å². The topological polar surface area (TPSA) is 102 Å². The summed E-state index contributed by atoms with van der Waals surface area (Å²) in [6, 6.07) is -0.695. The summed E-state index contributed by atoms with van der Waals surface area (Å²) in [5.74, 6) is -0.316. The minimum atomic E-state index is -3.51. The first-order valence-corrected chi connectivity index (χ1v) is 11.2. The average molecular weight is 420 g/mol. The van der Waals surface area contributed by atoms with E-state index >= 15 is 0 Å². The Labute approximate surface area is 167 Å². The molecule has 2 rings (SSSR count). The van der Waals surface area contributed by atoms with Crippen molar-refractivity contribution in [2.75, 3.05) is 66.0 Å². The number of piperazine rings is 2. The zero-order chi connectivity index (χ0) is 20.9. The second-order valence-electron chi connectivity index (χ2n) is 7.52. The Morgan fingerprint density at radius 1 is 0.964 bits per heavy atom. The molecule has 0 bridgehead atoms. The maximum absolute atomic E-state index is 12.8. The molecular formula is C17H33N5O5S. The summed E-state index contributed by atoms with van der Waals surface area (Å²) >= 11 is 0. The van der Waals surface area contributed by atoms with Gasteiger partial charge < -0.3 is 19.9 Å². The molecule has 1 atom stereocenters. The molecule has 0 spiro atoms. The first-order valence-electron chi connectivity index (χ1n) is 9.82. The molecule has 2 aliphatic rings. The second-order valence-corrected chi connectivity index (χ2v) is 9.45. The standard InChI is InChI=1S/C17H33N5O5S/c1-5-27-17(24)18-15(14(2)3)16(23)20-8-12-22(13-9-20)28(25,26)21-10-6-19(4)7-11-21/h14-15H,5-13H2,1-4H3,(H,18,24). The number of hydrogen-bond donors (Lipinski definition) is 1. The van der Waals surface area contributed by atoms with Gasteiger partial charge in [0.15, 0.2) is 0 Å². The number of likely N-dealkylation sites (N-methyl/N-ethyl adjacent to an activating group) is 1. The molecule has 10 nitrogen and oxygen atoms in total. The molecule has 0 saturated carbocycles. The Hall–Kier alpha value is -1.43. The Kier molecular flexibility index (Phi) is 8.05. The fourth-order valence-electron chi connectivity index (χ4n) is 3.33. The molecule has 0 aromatic rings. The van der Waals surface area contributed by atoms with E-state index in [9.17, 15) is 18.0 Å². The Morgan fingerprint density at radius 2 is 1.46 bits per heavy atom. The summed E-state index contributed by atoms with van der Waals surface area (Å²) in [7, 11) is -1.53. The third-order valence-electron chi connectivity index (χ3n) is 5.15. The lowest BCUT2D eigenvalue weighted by Crippen LogP contribution is -2.59. The zero-order valence-corrected chi connectivity index (χ0v) is 18.1. The minimum Gasteiger partial charge on any atom is -0.450 e. The van der Waals surface area contributed by atoms with Crippen molar-refractivity contribution in [3.63, 3.8) is 0 Å². The van der Waals surface area contributed by atoms with Crippen LogP contribution in [0.1, 0.15) is 20.8 Å². The van der Waals surface area contributed by atoms with E-state index in [1.54, 1.807) is 11.8 Å². The number of nitrogens with one attached hydrogen (secondary N) is 1. The highest BCUT2D eigenvalue weighted by Gasteiger charge is 2.36. The maximum atomic E-state index is 12.8. The van der Waals surface area contributed by atoms with E-state index in [1.807, 2.05) is 20.9 Å². The monoisotopic (exact) mass is 419 g/mol. The Bertz CT molecular complexity index is 640. The van der Waals surface area contributed by atoms with Crippen molar-refractivity contribution in [3.8, 4) is 0 Å². The molecule has 2 saturated heterocycles. The van der Waals surface area contributed by atoms with Gasteiger partial charge in [-0.1, -0.05) is 13.8 Å². The molecule has 2 amide bonds. The van der Waals surface area contributed by atoms with Gasteiger partial charge in [0.25, 0.3) is 10.2 Å². The Morgan fingerprint density at radius 3 is 1.93 bits per heavy atom.